The van der Waals surface area contributed by atoms with E-state index in [4.69, 9.17) is 0 Å². The summed E-state index contributed by atoms with van der Waals surface area (Å²) in [6.07, 6.45) is 0. The van der Waals surface area contributed by atoms with Crippen molar-refractivity contribution in [1.29, 1.82) is 0 Å². The first-order valence-electron chi connectivity index (χ1n) is 3.53. The van der Waals surface area contributed by atoms with Gasteiger partial charge in [0.25, 0.3) is 0 Å². The molecule has 4 nitrogen and oxygen atoms in total. The lowest BCUT2D eigenvalue weighted by Crippen LogP contribution is -2.15. The minimum Gasteiger partial charge on any atom is -0.492 e. The van der Waals surface area contributed by atoms with Crippen molar-refractivity contribution in [2.45, 2.75) is 4.90 Å². The van der Waals surface area contributed by atoms with Gasteiger partial charge in [0.2, 0.25) is 15.8 Å². The highest BCUT2D eigenvalue weighted by Crippen LogP contribution is 2.29. The highest BCUT2D eigenvalue weighted by atomic mass is 32.2. The van der Waals surface area contributed by atoms with Gasteiger partial charge in [0.05, 0.1) is 7.11 Å². The quantitative estimate of drug-likeness (QED) is 0.777. The van der Waals surface area contributed by atoms with Crippen LogP contribution in [0, 0.1) is 17.5 Å². The van der Waals surface area contributed by atoms with Gasteiger partial charge in [0.15, 0.2) is 17.4 Å². The SMILES string of the molecule is COc1c(S(N)(=O)=O)cc(F)c(F)c1F. The van der Waals surface area contributed by atoms with Gasteiger partial charge in [0, 0.05) is 6.07 Å². The van der Waals surface area contributed by atoms with E-state index in [-0.39, 0.29) is 6.07 Å². The van der Waals surface area contributed by atoms with Gasteiger partial charge in [-0.25, -0.2) is 22.3 Å². The maximum Gasteiger partial charge on any atom is 0.241 e. The van der Waals surface area contributed by atoms with Gasteiger partial charge in [-0.05, 0) is 0 Å². The smallest absolute Gasteiger partial charge is 0.241 e. The molecule has 0 saturated carbocycles. The second-order valence-electron chi connectivity index (χ2n) is 2.56. The Morgan fingerprint density at radius 3 is 2.20 bits per heavy atom. The second kappa shape index (κ2) is 3.70. The summed E-state index contributed by atoms with van der Waals surface area (Å²) in [5.74, 6) is -6.16. The molecule has 0 saturated heterocycles. The molecule has 84 valence electrons. The number of sulfonamides is 1. The first-order valence-corrected chi connectivity index (χ1v) is 5.08. The van der Waals surface area contributed by atoms with Gasteiger partial charge in [-0.15, -0.1) is 0 Å². The molecule has 0 unspecified atom stereocenters. The zero-order valence-corrected chi connectivity index (χ0v) is 8.24. The number of ether oxygens (including phenoxy) is 1. The summed E-state index contributed by atoms with van der Waals surface area (Å²) in [5.41, 5.74) is 0. The van der Waals surface area contributed by atoms with Crippen molar-refractivity contribution < 1.29 is 26.3 Å². The zero-order valence-electron chi connectivity index (χ0n) is 7.42. The number of rotatable bonds is 2. The maximum atomic E-state index is 13.0. The van der Waals surface area contributed by atoms with Crippen molar-refractivity contribution in [3.63, 3.8) is 0 Å². The fourth-order valence-corrected chi connectivity index (χ4v) is 1.66. The fraction of sp³-hybridized carbons (Fsp3) is 0.143. The van der Waals surface area contributed by atoms with Crippen LogP contribution in [0.2, 0.25) is 0 Å². The summed E-state index contributed by atoms with van der Waals surface area (Å²) < 4.78 is 64.4. The predicted molar refractivity (Wildman–Crippen MR) is 44.2 cm³/mol. The van der Waals surface area contributed by atoms with Gasteiger partial charge in [0.1, 0.15) is 4.90 Å². The van der Waals surface area contributed by atoms with Gasteiger partial charge in [-0.2, -0.15) is 4.39 Å². The Morgan fingerprint density at radius 1 is 1.27 bits per heavy atom. The minimum atomic E-state index is -4.38. The molecule has 0 aliphatic carbocycles. The maximum absolute atomic E-state index is 13.0. The van der Waals surface area contributed by atoms with E-state index in [0.717, 1.165) is 7.11 Å². The Bertz CT molecular complexity index is 501. The molecule has 0 spiro atoms. The van der Waals surface area contributed by atoms with Crippen LogP contribution in [-0.2, 0) is 10.0 Å². The van der Waals surface area contributed by atoms with Crippen molar-refractivity contribution >= 4 is 10.0 Å². The lowest BCUT2D eigenvalue weighted by atomic mass is 10.3. The molecule has 0 radical (unpaired) electrons. The molecule has 0 aromatic heterocycles. The Labute approximate surface area is 83.5 Å². The Kier molecular flexibility index (Phi) is 2.91. The molecule has 0 atom stereocenters. The van der Waals surface area contributed by atoms with Crippen LogP contribution < -0.4 is 9.88 Å². The van der Waals surface area contributed by atoms with Crippen molar-refractivity contribution in [3.8, 4) is 5.75 Å². The molecule has 0 amide bonds. The van der Waals surface area contributed by atoms with Crippen LogP contribution in [0.15, 0.2) is 11.0 Å². The van der Waals surface area contributed by atoms with E-state index in [2.05, 4.69) is 9.88 Å². The summed E-state index contributed by atoms with van der Waals surface area (Å²) in [6, 6.07) is 0.257. The van der Waals surface area contributed by atoms with Crippen LogP contribution in [0.3, 0.4) is 0 Å². The minimum absolute atomic E-state index is 0.257. The molecule has 0 aliphatic heterocycles. The number of methoxy groups -OCH3 is 1. The Balaban J connectivity index is 3.68. The first-order chi connectivity index (χ1) is 6.79. The molecule has 15 heavy (non-hydrogen) atoms. The molecule has 0 aliphatic rings. The van der Waals surface area contributed by atoms with Crippen molar-refractivity contribution in [1.82, 2.24) is 0 Å². The number of nitrogens with two attached hydrogens (primary N) is 1. The zero-order chi connectivity index (χ0) is 11.8. The number of hydrogen-bond acceptors (Lipinski definition) is 3. The summed E-state index contributed by atoms with van der Waals surface area (Å²) in [7, 11) is -3.47. The van der Waals surface area contributed by atoms with Gasteiger partial charge >= 0.3 is 0 Å². The van der Waals surface area contributed by atoms with E-state index < -0.39 is 38.1 Å². The number of hydrogen-bond donors (Lipinski definition) is 1. The molecular weight excluding hydrogens is 235 g/mol. The Hall–Kier alpha value is -1.28. The second-order valence-corrected chi connectivity index (χ2v) is 4.09. The number of halogens is 3. The van der Waals surface area contributed by atoms with E-state index >= 15 is 0 Å². The molecule has 2 N–H and O–H groups in total. The van der Waals surface area contributed by atoms with Crippen molar-refractivity contribution in [2.75, 3.05) is 7.11 Å². The largest absolute Gasteiger partial charge is 0.492 e. The third-order valence-electron chi connectivity index (χ3n) is 1.59. The van der Waals surface area contributed by atoms with Crippen LogP contribution in [0.1, 0.15) is 0 Å². The first kappa shape index (κ1) is 11.8. The van der Waals surface area contributed by atoms with E-state index in [1.54, 1.807) is 0 Å². The van der Waals surface area contributed by atoms with Crippen LogP contribution >= 0.6 is 0 Å². The van der Waals surface area contributed by atoms with E-state index in [0.29, 0.717) is 0 Å². The van der Waals surface area contributed by atoms with Crippen molar-refractivity contribution in [2.24, 2.45) is 5.14 Å². The lowest BCUT2D eigenvalue weighted by molar-refractivity contribution is 0.348. The number of primary sulfonamides is 1. The highest BCUT2D eigenvalue weighted by molar-refractivity contribution is 7.89. The normalized spacial score (nSPS) is 11.5. The van der Waals surface area contributed by atoms with Gasteiger partial charge in [-0.1, -0.05) is 0 Å². The molecule has 0 bridgehead atoms. The average molecular weight is 241 g/mol. The molecular formula is C7H6F3NO3S. The third-order valence-corrected chi connectivity index (χ3v) is 2.51. The highest BCUT2D eigenvalue weighted by Gasteiger charge is 2.25. The third kappa shape index (κ3) is 2.05. The van der Waals surface area contributed by atoms with Crippen molar-refractivity contribution in [3.05, 3.63) is 23.5 Å². The lowest BCUT2D eigenvalue weighted by Gasteiger charge is -2.08. The Morgan fingerprint density at radius 2 is 1.80 bits per heavy atom. The van der Waals surface area contributed by atoms with Crippen LogP contribution in [0.25, 0.3) is 0 Å². The molecule has 1 aromatic rings. The standard InChI is InChI=1S/C7H6F3NO3S/c1-14-7-4(15(11,12)13)2-3(8)5(9)6(7)10/h2H,1H3,(H2,11,12,13). The molecule has 0 heterocycles. The predicted octanol–water partition coefficient (Wildman–Crippen LogP) is 0.760. The van der Waals surface area contributed by atoms with Crippen LogP contribution in [0.4, 0.5) is 13.2 Å². The van der Waals surface area contributed by atoms with Gasteiger partial charge < -0.3 is 4.74 Å². The van der Waals surface area contributed by atoms with Crippen LogP contribution in [0.5, 0.6) is 5.75 Å². The fourth-order valence-electron chi connectivity index (χ4n) is 0.958. The summed E-state index contributed by atoms with van der Waals surface area (Å²) in [4.78, 5) is -0.943. The van der Waals surface area contributed by atoms with Crippen LogP contribution in [-0.4, -0.2) is 15.5 Å². The topological polar surface area (TPSA) is 69.4 Å². The summed E-state index contributed by atoms with van der Waals surface area (Å²) in [5, 5.41) is 4.66. The average Bonchev–Trinajstić information content (AvgIpc) is 2.12. The number of benzene rings is 1. The summed E-state index contributed by atoms with van der Waals surface area (Å²) >= 11 is 0. The molecule has 1 aromatic carbocycles. The molecule has 0 fully saturated rings. The van der Waals surface area contributed by atoms with E-state index in [1.807, 2.05) is 0 Å². The molecule has 8 heteroatoms. The molecule has 1 rings (SSSR count). The van der Waals surface area contributed by atoms with Gasteiger partial charge in [-0.3, -0.25) is 0 Å². The van der Waals surface area contributed by atoms with E-state index in [9.17, 15) is 21.6 Å². The van der Waals surface area contributed by atoms with E-state index in [1.165, 1.54) is 0 Å². The monoisotopic (exact) mass is 241 g/mol. The summed E-state index contributed by atoms with van der Waals surface area (Å²) in [6.45, 7) is 0.